The van der Waals surface area contributed by atoms with Crippen LogP contribution >= 0.6 is 0 Å². The molecule has 10 nitrogen and oxygen atoms in total. The molecule has 210 valence electrons. The molecule has 0 radical (unpaired) electrons. The molecule has 2 aliphatic carbocycles. The predicted molar refractivity (Wildman–Crippen MR) is 158 cm³/mol. The van der Waals surface area contributed by atoms with Crippen molar-refractivity contribution < 1.29 is 0 Å². The summed E-state index contributed by atoms with van der Waals surface area (Å²) >= 11 is 0.876. The van der Waals surface area contributed by atoms with E-state index in [1.807, 2.05) is 9.36 Å². The maximum atomic E-state index is 4.28. The fourth-order valence-electron chi connectivity index (χ4n) is 5.59. The van der Waals surface area contributed by atoms with Gasteiger partial charge in [0.2, 0.25) is 0 Å². The molecule has 4 aromatic rings. The van der Waals surface area contributed by atoms with Crippen molar-refractivity contribution in [2.75, 3.05) is 10.6 Å². The summed E-state index contributed by atoms with van der Waals surface area (Å²) in [6.07, 6.45) is 12.4. The number of rotatable bonds is 11. The van der Waals surface area contributed by atoms with Crippen LogP contribution in [0, 0.1) is 0 Å². The zero-order valence-electron chi connectivity index (χ0n) is 22.7. The standard InChI is InChI=1S/C28H36N10Se2/c1-3-7-23(8-4-1)37-27(31-33-35-37)19-29-21-11-15-25(16-12-21)39-40-26-17-13-22(14-18-26)30-20-28-32-34-36-38(28)24-9-5-2-6-10-24/h11-18,23-24,29-30H,1-10,19-20H2. The van der Waals surface area contributed by atoms with Crippen LogP contribution in [0.15, 0.2) is 48.5 Å². The molecule has 0 unspecified atom stereocenters. The van der Waals surface area contributed by atoms with Gasteiger partial charge in [-0.05, 0) is 0 Å². The van der Waals surface area contributed by atoms with E-state index < -0.39 is 0 Å². The second-order valence-electron chi connectivity index (χ2n) is 10.6. The van der Waals surface area contributed by atoms with Crippen LogP contribution in [0.1, 0.15) is 87.9 Å². The Kier molecular flexibility index (Phi) is 9.40. The molecule has 2 aromatic carbocycles. The Hall–Kier alpha value is -2.78. The number of benzene rings is 2. The first-order valence-electron chi connectivity index (χ1n) is 14.4. The molecule has 2 heterocycles. The first-order chi connectivity index (χ1) is 19.8. The van der Waals surface area contributed by atoms with E-state index in [1.54, 1.807) is 0 Å². The van der Waals surface area contributed by atoms with Gasteiger partial charge in [-0.3, -0.25) is 0 Å². The summed E-state index contributed by atoms with van der Waals surface area (Å²) in [6.45, 7) is 1.29. The van der Waals surface area contributed by atoms with Gasteiger partial charge in [0.1, 0.15) is 0 Å². The number of nitrogens with one attached hydrogen (secondary N) is 2. The van der Waals surface area contributed by atoms with Crippen molar-refractivity contribution in [1.82, 2.24) is 40.4 Å². The summed E-state index contributed by atoms with van der Waals surface area (Å²) in [5.74, 6) is 1.84. The van der Waals surface area contributed by atoms with Gasteiger partial charge in [0.05, 0.1) is 0 Å². The van der Waals surface area contributed by atoms with Gasteiger partial charge < -0.3 is 0 Å². The molecular formula is C28H36N10Se2. The van der Waals surface area contributed by atoms with Gasteiger partial charge in [-0.1, -0.05) is 0 Å². The average molecular weight is 671 g/mol. The van der Waals surface area contributed by atoms with Gasteiger partial charge in [0, 0.05) is 0 Å². The van der Waals surface area contributed by atoms with E-state index in [4.69, 9.17) is 0 Å². The van der Waals surface area contributed by atoms with E-state index in [0.717, 1.165) is 23.0 Å². The second kappa shape index (κ2) is 13.7. The first-order valence-corrected chi connectivity index (χ1v) is 20.4. The molecule has 2 aliphatic rings. The minimum atomic E-state index is 0.438. The zero-order chi connectivity index (χ0) is 27.0. The molecule has 0 aliphatic heterocycles. The summed E-state index contributed by atoms with van der Waals surface area (Å²) in [5.41, 5.74) is 2.21. The number of anilines is 2. The molecule has 2 N–H and O–H groups in total. The molecule has 2 fully saturated rings. The third kappa shape index (κ3) is 7.10. The predicted octanol–water partition coefficient (Wildman–Crippen LogP) is 3.17. The van der Waals surface area contributed by atoms with Gasteiger partial charge in [-0.15, -0.1) is 0 Å². The van der Waals surface area contributed by atoms with E-state index in [2.05, 4.69) is 90.2 Å². The summed E-state index contributed by atoms with van der Waals surface area (Å²) in [5, 5.41) is 32.0. The van der Waals surface area contributed by atoms with E-state index in [1.165, 1.54) is 73.1 Å². The van der Waals surface area contributed by atoms with Crippen molar-refractivity contribution in [3.8, 4) is 0 Å². The van der Waals surface area contributed by atoms with E-state index in [9.17, 15) is 0 Å². The molecule has 6 rings (SSSR count). The Bertz CT molecular complexity index is 1220. The number of tetrazole rings is 2. The zero-order valence-corrected chi connectivity index (χ0v) is 26.1. The molecule has 2 aromatic heterocycles. The first kappa shape index (κ1) is 27.4. The van der Waals surface area contributed by atoms with Crippen LogP contribution in [-0.4, -0.2) is 66.7 Å². The molecule has 0 atom stereocenters. The second-order valence-corrected chi connectivity index (χ2v) is 16.9. The summed E-state index contributed by atoms with van der Waals surface area (Å²) in [4.78, 5) is 0. The van der Waals surface area contributed by atoms with Crippen LogP contribution in [0.2, 0.25) is 0 Å². The summed E-state index contributed by atoms with van der Waals surface area (Å²) in [6, 6.07) is 18.6. The molecule has 0 amide bonds. The SMILES string of the molecule is c1cc([Se][Se]c2ccc(NCc3nnnn3C3CCCCC3)cc2)ccc1NCc1nnnn1C1CCCCC1. The molecule has 40 heavy (non-hydrogen) atoms. The number of hydrogen-bond acceptors (Lipinski definition) is 8. The fourth-order valence-corrected chi connectivity index (χ4v) is 11.6. The van der Waals surface area contributed by atoms with Crippen LogP contribution in [0.4, 0.5) is 11.4 Å². The van der Waals surface area contributed by atoms with Crippen LogP contribution in [-0.2, 0) is 13.1 Å². The van der Waals surface area contributed by atoms with Crippen LogP contribution in [0.3, 0.4) is 0 Å². The Morgan fingerprint density at radius 1 is 0.575 bits per heavy atom. The Balaban J connectivity index is 0.954. The quantitative estimate of drug-likeness (QED) is 0.235. The summed E-state index contributed by atoms with van der Waals surface area (Å²) in [7, 11) is 0. The van der Waals surface area contributed by atoms with Crippen molar-refractivity contribution >= 4 is 46.6 Å². The van der Waals surface area contributed by atoms with Crippen LogP contribution in [0.5, 0.6) is 0 Å². The van der Waals surface area contributed by atoms with Crippen molar-refractivity contribution in [2.45, 2.75) is 89.4 Å². The molecule has 12 heteroatoms. The van der Waals surface area contributed by atoms with Crippen molar-refractivity contribution in [3.05, 3.63) is 60.2 Å². The monoisotopic (exact) mass is 672 g/mol. The molecule has 0 saturated heterocycles. The van der Waals surface area contributed by atoms with Crippen molar-refractivity contribution in [3.63, 3.8) is 0 Å². The average Bonchev–Trinajstić information content (AvgIpc) is 3.70. The number of aromatic nitrogens is 8. The summed E-state index contributed by atoms with van der Waals surface area (Å²) < 4.78 is 6.91. The molecule has 0 spiro atoms. The minimum absolute atomic E-state index is 0.438. The van der Waals surface area contributed by atoms with Gasteiger partial charge in [-0.2, -0.15) is 0 Å². The van der Waals surface area contributed by atoms with E-state index >= 15 is 0 Å². The molecule has 0 bridgehead atoms. The topological polar surface area (TPSA) is 111 Å². The number of nitrogens with zero attached hydrogens (tertiary/aromatic N) is 8. The van der Waals surface area contributed by atoms with Gasteiger partial charge in [-0.25, -0.2) is 0 Å². The third-order valence-electron chi connectivity index (χ3n) is 7.81. The number of hydrogen-bond donors (Lipinski definition) is 2. The third-order valence-corrected chi connectivity index (χ3v) is 15.0. The Labute approximate surface area is 246 Å². The normalized spacial score (nSPS) is 16.7. The van der Waals surface area contributed by atoms with Gasteiger partial charge >= 0.3 is 247 Å². The van der Waals surface area contributed by atoms with E-state index in [-0.39, 0.29) is 0 Å². The maximum absolute atomic E-state index is 4.28. The van der Waals surface area contributed by atoms with Crippen LogP contribution < -0.4 is 19.6 Å². The van der Waals surface area contributed by atoms with Gasteiger partial charge in [0.15, 0.2) is 0 Å². The van der Waals surface area contributed by atoms with Crippen molar-refractivity contribution in [2.24, 2.45) is 0 Å². The fraction of sp³-hybridized carbons (Fsp3) is 0.500. The molecular weight excluding hydrogens is 634 g/mol. The Morgan fingerprint density at radius 2 is 0.975 bits per heavy atom. The van der Waals surface area contributed by atoms with Gasteiger partial charge in [0.25, 0.3) is 0 Å². The Morgan fingerprint density at radius 3 is 1.38 bits per heavy atom. The van der Waals surface area contributed by atoms with E-state index in [0.29, 0.717) is 51.4 Å². The molecule has 2 saturated carbocycles. The van der Waals surface area contributed by atoms with Crippen LogP contribution in [0.25, 0.3) is 0 Å². The van der Waals surface area contributed by atoms with Crippen molar-refractivity contribution in [1.29, 1.82) is 0 Å².